The highest BCUT2D eigenvalue weighted by atomic mass is 32.2. The van der Waals surface area contributed by atoms with E-state index in [1.54, 1.807) is 27.7 Å². The van der Waals surface area contributed by atoms with Crippen LogP contribution in [0.5, 0.6) is 0 Å². The van der Waals surface area contributed by atoms with E-state index >= 15 is 0 Å². The molecule has 0 spiro atoms. The smallest absolute Gasteiger partial charge is 0.408 e. The van der Waals surface area contributed by atoms with Crippen molar-refractivity contribution in [2.24, 2.45) is 5.92 Å². The van der Waals surface area contributed by atoms with Gasteiger partial charge in [-0.25, -0.2) is 9.59 Å². The number of hydrogen-bond donors (Lipinski definition) is 3. The number of carbonyl (C=O) groups excluding carboxylic acids is 1. The third kappa shape index (κ3) is 7.08. The van der Waals surface area contributed by atoms with Crippen LogP contribution in [0.3, 0.4) is 0 Å². The summed E-state index contributed by atoms with van der Waals surface area (Å²) in [6.07, 6.45) is 0.0236. The molecule has 0 aromatic carbocycles. The number of ether oxygens (including phenoxy) is 1. The van der Waals surface area contributed by atoms with Gasteiger partial charge in [-0.15, -0.1) is 10.2 Å². The Morgan fingerprint density at radius 2 is 1.93 bits per heavy atom. The molecule has 3 N–H and O–H groups in total. The average Bonchev–Trinajstić information content (AvgIpc) is 2.99. The largest absolute Gasteiger partial charge is 0.444 e. The molecular formula is C18H27N5O5S. The molecule has 0 saturated carbocycles. The molecular weight excluding hydrogens is 398 g/mol. The van der Waals surface area contributed by atoms with E-state index in [0.29, 0.717) is 17.7 Å². The number of aryl methyl sites for hydroxylation is 1. The van der Waals surface area contributed by atoms with E-state index in [0.717, 1.165) is 0 Å². The van der Waals surface area contributed by atoms with Crippen molar-refractivity contribution in [2.45, 2.75) is 70.6 Å². The molecule has 160 valence electrons. The highest BCUT2D eigenvalue weighted by molar-refractivity contribution is 7.98. The third-order valence-corrected chi connectivity index (χ3v) is 4.56. The van der Waals surface area contributed by atoms with E-state index in [-0.39, 0.29) is 22.8 Å². The summed E-state index contributed by atoms with van der Waals surface area (Å²) in [7, 11) is 0. The molecule has 29 heavy (non-hydrogen) atoms. The number of thioether (sulfide) groups is 1. The Balaban J connectivity index is 2.11. The second-order valence-electron chi connectivity index (χ2n) is 8.04. The Morgan fingerprint density at radius 1 is 1.24 bits per heavy atom. The molecule has 0 bridgehead atoms. The van der Waals surface area contributed by atoms with E-state index in [4.69, 9.17) is 9.15 Å². The highest BCUT2D eigenvalue weighted by Crippen LogP contribution is 2.26. The lowest BCUT2D eigenvalue weighted by Crippen LogP contribution is -2.35. The number of H-pyrrole nitrogens is 2. The number of nitrogens with one attached hydrogen (secondary N) is 3. The SMILES string of the molecule is Cc1[nH]c(=O)[nH]c(=O)c1CSc1nnc([C@H](CC(C)C)NC(=O)OC(C)(C)C)o1. The first kappa shape index (κ1) is 22.7. The van der Waals surface area contributed by atoms with Crippen LogP contribution in [0.1, 0.15) is 64.2 Å². The van der Waals surface area contributed by atoms with E-state index in [1.807, 2.05) is 13.8 Å². The number of carbonyl (C=O) groups is 1. The van der Waals surface area contributed by atoms with Gasteiger partial charge in [-0.05, 0) is 40.0 Å². The summed E-state index contributed by atoms with van der Waals surface area (Å²) < 4.78 is 11.0. The van der Waals surface area contributed by atoms with Gasteiger partial charge in [0.2, 0.25) is 5.89 Å². The predicted molar refractivity (Wildman–Crippen MR) is 108 cm³/mol. The number of aromatic amines is 2. The fourth-order valence-corrected chi connectivity index (χ4v) is 3.35. The lowest BCUT2D eigenvalue weighted by Gasteiger charge is -2.22. The summed E-state index contributed by atoms with van der Waals surface area (Å²) in [5.74, 6) is 0.771. The Labute approximate surface area is 172 Å². The minimum absolute atomic E-state index is 0.244. The molecule has 0 radical (unpaired) electrons. The molecule has 0 fully saturated rings. The van der Waals surface area contributed by atoms with E-state index < -0.39 is 29.0 Å². The Hall–Kier alpha value is -2.56. The Bertz CT molecular complexity index is 957. The second-order valence-corrected chi connectivity index (χ2v) is 8.96. The molecule has 2 aromatic rings. The van der Waals surface area contributed by atoms with Crippen LogP contribution < -0.4 is 16.6 Å². The maximum atomic E-state index is 12.1. The molecule has 10 nitrogen and oxygen atoms in total. The third-order valence-electron chi connectivity index (χ3n) is 3.71. The van der Waals surface area contributed by atoms with Crippen LogP contribution in [0.15, 0.2) is 19.2 Å². The molecule has 1 amide bonds. The van der Waals surface area contributed by atoms with Crippen molar-refractivity contribution in [3.63, 3.8) is 0 Å². The quantitative estimate of drug-likeness (QED) is 0.575. The molecule has 11 heteroatoms. The second kappa shape index (κ2) is 9.29. The van der Waals surface area contributed by atoms with Crippen LogP contribution in [0, 0.1) is 12.8 Å². The zero-order chi connectivity index (χ0) is 21.8. The van der Waals surface area contributed by atoms with Gasteiger partial charge in [0.15, 0.2) is 0 Å². The lowest BCUT2D eigenvalue weighted by atomic mass is 10.0. The van der Waals surface area contributed by atoms with Crippen LogP contribution >= 0.6 is 11.8 Å². The summed E-state index contributed by atoms with van der Waals surface area (Å²) in [5, 5.41) is 11.1. The number of rotatable bonds is 7. The monoisotopic (exact) mass is 425 g/mol. The summed E-state index contributed by atoms with van der Waals surface area (Å²) in [5.41, 5.74) is -0.728. The molecule has 0 aliphatic rings. The van der Waals surface area contributed by atoms with Gasteiger partial charge in [0.25, 0.3) is 10.8 Å². The fourth-order valence-electron chi connectivity index (χ4n) is 2.50. The first-order valence-electron chi connectivity index (χ1n) is 9.22. The predicted octanol–water partition coefficient (Wildman–Crippen LogP) is 2.66. The van der Waals surface area contributed by atoms with Crippen LogP contribution in [0.25, 0.3) is 0 Å². The molecule has 0 aliphatic heterocycles. The minimum Gasteiger partial charge on any atom is -0.444 e. The molecule has 2 aromatic heterocycles. The number of amides is 1. The van der Waals surface area contributed by atoms with Gasteiger partial charge >= 0.3 is 11.8 Å². The number of aromatic nitrogens is 4. The molecule has 0 saturated heterocycles. The summed E-state index contributed by atoms with van der Waals surface area (Å²) in [6, 6.07) is -0.495. The first-order valence-corrected chi connectivity index (χ1v) is 10.2. The van der Waals surface area contributed by atoms with Crippen molar-refractivity contribution >= 4 is 17.9 Å². The van der Waals surface area contributed by atoms with Crippen molar-refractivity contribution < 1.29 is 13.9 Å². The molecule has 1 atom stereocenters. The summed E-state index contributed by atoms with van der Waals surface area (Å²) in [6.45, 7) is 11.0. The van der Waals surface area contributed by atoms with Gasteiger partial charge in [0.05, 0.1) is 0 Å². The van der Waals surface area contributed by atoms with Gasteiger partial charge in [0, 0.05) is 17.0 Å². The molecule has 0 aliphatic carbocycles. The van der Waals surface area contributed by atoms with Crippen molar-refractivity contribution in [3.8, 4) is 0 Å². The normalized spacial score (nSPS) is 12.8. The van der Waals surface area contributed by atoms with Gasteiger partial charge in [0.1, 0.15) is 11.6 Å². The van der Waals surface area contributed by atoms with Crippen molar-refractivity contribution in [2.75, 3.05) is 0 Å². The van der Waals surface area contributed by atoms with Gasteiger partial charge < -0.3 is 19.5 Å². The van der Waals surface area contributed by atoms with Crippen molar-refractivity contribution in [1.82, 2.24) is 25.5 Å². The lowest BCUT2D eigenvalue weighted by molar-refractivity contribution is 0.0487. The number of nitrogens with zero attached hydrogens (tertiary/aromatic N) is 2. The van der Waals surface area contributed by atoms with Crippen LogP contribution in [-0.2, 0) is 10.5 Å². The topological polar surface area (TPSA) is 143 Å². The van der Waals surface area contributed by atoms with E-state index in [2.05, 4.69) is 25.5 Å². The van der Waals surface area contributed by atoms with Crippen LogP contribution in [0.2, 0.25) is 0 Å². The number of hydrogen-bond acceptors (Lipinski definition) is 8. The highest BCUT2D eigenvalue weighted by Gasteiger charge is 2.25. The van der Waals surface area contributed by atoms with Crippen molar-refractivity contribution in [3.05, 3.63) is 38.0 Å². The molecule has 0 unspecified atom stereocenters. The molecule has 2 heterocycles. The fraction of sp³-hybridized carbons (Fsp3) is 0.611. The maximum absolute atomic E-state index is 12.1. The van der Waals surface area contributed by atoms with Crippen LogP contribution in [0.4, 0.5) is 4.79 Å². The Kier molecular flexibility index (Phi) is 7.28. The average molecular weight is 426 g/mol. The van der Waals surface area contributed by atoms with Gasteiger partial charge in [-0.3, -0.25) is 9.78 Å². The first-order chi connectivity index (χ1) is 13.4. The van der Waals surface area contributed by atoms with E-state index in [9.17, 15) is 14.4 Å². The van der Waals surface area contributed by atoms with E-state index in [1.165, 1.54) is 11.8 Å². The Morgan fingerprint density at radius 3 is 2.52 bits per heavy atom. The number of alkyl carbamates (subject to hydrolysis) is 1. The van der Waals surface area contributed by atoms with Gasteiger partial charge in [-0.1, -0.05) is 25.6 Å². The summed E-state index contributed by atoms with van der Waals surface area (Å²) >= 11 is 1.17. The van der Waals surface area contributed by atoms with Crippen molar-refractivity contribution in [1.29, 1.82) is 0 Å². The standard InChI is InChI=1S/C18H27N5O5S/c1-9(2)7-12(20-16(26)28-18(4,5)6)14-22-23-17(27-14)29-8-11-10(3)19-15(25)21-13(11)24/h9,12H,7-8H2,1-6H3,(H,20,26)(H2,19,21,24,25)/t12-/m0/s1. The minimum atomic E-state index is -0.621. The maximum Gasteiger partial charge on any atom is 0.408 e. The van der Waals surface area contributed by atoms with Gasteiger partial charge in [-0.2, -0.15) is 0 Å². The van der Waals surface area contributed by atoms with Crippen LogP contribution in [-0.4, -0.2) is 31.9 Å². The molecule has 2 rings (SSSR count). The zero-order valence-electron chi connectivity index (χ0n) is 17.4. The zero-order valence-corrected chi connectivity index (χ0v) is 18.2. The summed E-state index contributed by atoms with van der Waals surface area (Å²) in [4.78, 5) is 40.1.